The van der Waals surface area contributed by atoms with E-state index in [2.05, 4.69) is 23.2 Å². The van der Waals surface area contributed by atoms with Gasteiger partial charge in [-0.15, -0.1) is 11.8 Å². The van der Waals surface area contributed by atoms with Gasteiger partial charge in [-0.25, -0.2) is 0 Å². The summed E-state index contributed by atoms with van der Waals surface area (Å²) < 4.78 is 0. The van der Waals surface area contributed by atoms with E-state index in [0.29, 0.717) is 10.8 Å². The van der Waals surface area contributed by atoms with E-state index in [1.165, 1.54) is 35.9 Å². The molecule has 0 aromatic heterocycles. The fourth-order valence-corrected chi connectivity index (χ4v) is 3.99. The van der Waals surface area contributed by atoms with E-state index < -0.39 is 0 Å². The predicted octanol–water partition coefficient (Wildman–Crippen LogP) is 4.98. The highest BCUT2D eigenvalue weighted by Gasteiger charge is 2.14. The van der Waals surface area contributed by atoms with E-state index in [1.807, 2.05) is 36.4 Å². The van der Waals surface area contributed by atoms with Gasteiger partial charge in [0.1, 0.15) is 0 Å². The Morgan fingerprint density at radius 1 is 1.21 bits per heavy atom. The van der Waals surface area contributed by atoms with Crippen molar-refractivity contribution < 1.29 is 4.79 Å². The maximum Gasteiger partial charge on any atom is 0.234 e. The van der Waals surface area contributed by atoms with E-state index in [4.69, 9.17) is 11.6 Å². The third-order valence-corrected chi connectivity index (χ3v) is 5.64. The Kier molecular flexibility index (Phi) is 5.69. The summed E-state index contributed by atoms with van der Waals surface area (Å²) in [5.74, 6) is 0.324. The minimum absolute atomic E-state index is 0.0201. The molecule has 1 saturated heterocycles. The lowest BCUT2D eigenvalue weighted by molar-refractivity contribution is -0.113. The zero-order valence-electron chi connectivity index (χ0n) is 13.7. The fourth-order valence-electron chi connectivity index (χ4n) is 2.95. The van der Waals surface area contributed by atoms with Crippen molar-refractivity contribution in [3.63, 3.8) is 0 Å². The number of halogens is 1. The molecule has 1 aliphatic heterocycles. The van der Waals surface area contributed by atoms with Crippen LogP contribution in [0.4, 0.5) is 11.4 Å². The average Bonchev–Trinajstić information content (AvgIpc) is 3.08. The average molecular weight is 361 g/mol. The third-order valence-electron chi connectivity index (χ3n) is 4.12. The molecule has 1 heterocycles. The topological polar surface area (TPSA) is 32.3 Å². The molecule has 2 aromatic rings. The second kappa shape index (κ2) is 7.95. The van der Waals surface area contributed by atoms with Crippen molar-refractivity contribution in [2.24, 2.45) is 0 Å². The zero-order chi connectivity index (χ0) is 16.9. The largest absolute Gasteiger partial charge is 0.371 e. The molecule has 0 spiro atoms. The number of hydrogen-bond acceptors (Lipinski definition) is 3. The van der Waals surface area contributed by atoms with Crippen LogP contribution < -0.4 is 10.2 Å². The molecular formula is C19H21ClN2OS. The zero-order valence-corrected chi connectivity index (χ0v) is 15.3. The standard InChI is InChI=1S/C19H21ClN2OS/c1-14-12-15(8-9-17(14)22-10-4-5-11-22)21-19(23)13-24-18-7-3-2-6-16(18)20/h2-3,6-9,12H,4-5,10-11,13H2,1H3,(H,21,23). The Bertz CT molecular complexity index is 729. The summed E-state index contributed by atoms with van der Waals surface area (Å²) >= 11 is 7.56. The number of nitrogens with zero attached hydrogens (tertiary/aromatic N) is 1. The van der Waals surface area contributed by atoms with Crippen LogP contribution >= 0.6 is 23.4 Å². The van der Waals surface area contributed by atoms with Crippen LogP contribution in [0.15, 0.2) is 47.4 Å². The van der Waals surface area contributed by atoms with Gasteiger partial charge in [-0.3, -0.25) is 4.79 Å². The number of carbonyl (C=O) groups excluding carboxylic acids is 1. The Morgan fingerprint density at radius 2 is 1.96 bits per heavy atom. The maximum absolute atomic E-state index is 12.2. The van der Waals surface area contributed by atoms with E-state index >= 15 is 0 Å². The van der Waals surface area contributed by atoms with Crippen molar-refractivity contribution in [2.45, 2.75) is 24.7 Å². The van der Waals surface area contributed by atoms with Gasteiger partial charge in [0, 0.05) is 29.4 Å². The summed E-state index contributed by atoms with van der Waals surface area (Å²) in [5, 5.41) is 3.65. The second-order valence-electron chi connectivity index (χ2n) is 5.96. The number of benzene rings is 2. The Labute approximate surface area is 152 Å². The van der Waals surface area contributed by atoms with Crippen LogP contribution in [0.5, 0.6) is 0 Å². The first-order valence-corrected chi connectivity index (χ1v) is 9.52. The Morgan fingerprint density at radius 3 is 2.67 bits per heavy atom. The molecule has 0 radical (unpaired) electrons. The minimum atomic E-state index is -0.0201. The van der Waals surface area contributed by atoms with Gasteiger partial charge >= 0.3 is 0 Å². The molecule has 0 saturated carbocycles. The van der Waals surface area contributed by atoms with Crippen molar-refractivity contribution >= 4 is 40.6 Å². The van der Waals surface area contributed by atoms with E-state index in [9.17, 15) is 4.79 Å². The van der Waals surface area contributed by atoms with Crippen LogP contribution in [-0.4, -0.2) is 24.7 Å². The molecule has 3 rings (SSSR count). The summed E-state index contributed by atoms with van der Waals surface area (Å²) in [6, 6.07) is 13.7. The molecule has 2 aromatic carbocycles. The molecule has 24 heavy (non-hydrogen) atoms. The van der Waals surface area contributed by atoms with Crippen LogP contribution in [0.3, 0.4) is 0 Å². The quantitative estimate of drug-likeness (QED) is 0.763. The van der Waals surface area contributed by atoms with Crippen molar-refractivity contribution in [2.75, 3.05) is 29.1 Å². The molecule has 126 valence electrons. The molecule has 0 atom stereocenters. The molecule has 0 unspecified atom stereocenters. The highest BCUT2D eigenvalue weighted by molar-refractivity contribution is 8.00. The molecule has 3 nitrogen and oxygen atoms in total. The fraction of sp³-hybridized carbons (Fsp3) is 0.316. The van der Waals surface area contributed by atoms with Gasteiger partial charge in [-0.1, -0.05) is 23.7 Å². The second-order valence-corrected chi connectivity index (χ2v) is 7.39. The van der Waals surface area contributed by atoms with E-state index in [1.54, 1.807) is 0 Å². The number of aryl methyl sites for hydroxylation is 1. The van der Waals surface area contributed by atoms with Gasteiger partial charge in [-0.05, 0) is 55.7 Å². The van der Waals surface area contributed by atoms with E-state index in [-0.39, 0.29) is 5.91 Å². The number of carbonyl (C=O) groups is 1. The molecular weight excluding hydrogens is 340 g/mol. The summed E-state index contributed by atoms with van der Waals surface area (Å²) in [5.41, 5.74) is 3.32. The highest BCUT2D eigenvalue weighted by Crippen LogP contribution is 2.28. The molecule has 5 heteroatoms. The molecule has 0 aliphatic carbocycles. The summed E-state index contributed by atoms with van der Waals surface area (Å²) in [7, 11) is 0. The number of hydrogen-bond donors (Lipinski definition) is 1. The Balaban J connectivity index is 1.58. The maximum atomic E-state index is 12.2. The third kappa shape index (κ3) is 4.25. The van der Waals surface area contributed by atoms with Crippen LogP contribution in [0.1, 0.15) is 18.4 Å². The van der Waals surface area contributed by atoms with Crippen molar-refractivity contribution in [1.29, 1.82) is 0 Å². The number of nitrogens with one attached hydrogen (secondary N) is 1. The normalized spacial score (nSPS) is 14.0. The first-order valence-electron chi connectivity index (χ1n) is 8.16. The first-order chi connectivity index (χ1) is 11.6. The molecule has 1 amide bonds. The Hall–Kier alpha value is -1.65. The van der Waals surface area contributed by atoms with Gasteiger partial charge in [-0.2, -0.15) is 0 Å². The molecule has 0 bridgehead atoms. The summed E-state index contributed by atoms with van der Waals surface area (Å²) in [4.78, 5) is 15.5. The van der Waals surface area contributed by atoms with Crippen LogP contribution in [0.25, 0.3) is 0 Å². The minimum Gasteiger partial charge on any atom is -0.371 e. The monoisotopic (exact) mass is 360 g/mol. The van der Waals surface area contributed by atoms with E-state index in [0.717, 1.165) is 23.7 Å². The van der Waals surface area contributed by atoms with Gasteiger partial charge < -0.3 is 10.2 Å². The van der Waals surface area contributed by atoms with Crippen LogP contribution in [0, 0.1) is 6.92 Å². The van der Waals surface area contributed by atoms with Crippen molar-refractivity contribution in [1.82, 2.24) is 0 Å². The van der Waals surface area contributed by atoms with Crippen LogP contribution in [0.2, 0.25) is 5.02 Å². The van der Waals surface area contributed by atoms with Crippen LogP contribution in [-0.2, 0) is 4.79 Å². The van der Waals surface area contributed by atoms with Gasteiger partial charge in [0.15, 0.2) is 0 Å². The molecule has 1 fully saturated rings. The first kappa shape index (κ1) is 17.2. The number of thioether (sulfide) groups is 1. The summed E-state index contributed by atoms with van der Waals surface area (Å²) in [6.45, 7) is 4.35. The predicted molar refractivity (Wildman–Crippen MR) is 103 cm³/mol. The van der Waals surface area contributed by atoms with Crippen molar-refractivity contribution in [3.8, 4) is 0 Å². The lowest BCUT2D eigenvalue weighted by Crippen LogP contribution is -2.19. The highest BCUT2D eigenvalue weighted by atomic mass is 35.5. The summed E-state index contributed by atoms with van der Waals surface area (Å²) in [6.07, 6.45) is 2.52. The smallest absolute Gasteiger partial charge is 0.234 e. The number of anilines is 2. The van der Waals surface area contributed by atoms with Gasteiger partial charge in [0.05, 0.1) is 10.8 Å². The molecule has 1 aliphatic rings. The van der Waals surface area contributed by atoms with Gasteiger partial charge in [0.2, 0.25) is 5.91 Å². The number of amides is 1. The van der Waals surface area contributed by atoms with Crippen molar-refractivity contribution in [3.05, 3.63) is 53.1 Å². The SMILES string of the molecule is Cc1cc(NC(=O)CSc2ccccc2Cl)ccc1N1CCCC1. The van der Waals surface area contributed by atoms with Gasteiger partial charge in [0.25, 0.3) is 0 Å². The molecule has 1 N–H and O–H groups in total. The number of rotatable bonds is 5. The lowest BCUT2D eigenvalue weighted by atomic mass is 10.1. The lowest BCUT2D eigenvalue weighted by Gasteiger charge is -2.20.